The average molecular weight is 205 g/mol. The first-order valence-electron chi connectivity index (χ1n) is 4.43. The van der Waals surface area contributed by atoms with Gasteiger partial charge in [-0.3, -0.25) is 5.41 Å². The summed E-state index contributed by atoms with van der Waals surface area (Å²) >= 11 is 0. The zero-order valence-electron chi connectivity index (χ0n) is 8.16. The van der Waals surface area contributed by atoms with Crippen LogP contribution < -0.4 is 0 Å². The molecule has 13 heavy (non-hydrogen) atoms. The molecule has 0 radical (unpaired) electrons. The second kappa shape index (κ2) is 5.80. The third-order valence-electron chi connectivity index (χ3n) is 2.00. The van der Waals surface area contributed by atoms with Crippen molar-refractivity contribution in [2.75, 3.05) is 19.6 Å². The first-order chi connectivity index (χ1) is 5.79. The molecule has 0 amide bonds. The van der Waals surface area contributed by atoms with Crippen molar-refractivity contribution in [3.8, 4) is 0 Å². The van der Waals surface area contributed by atoms with E-state index in [1.54, 1.807) is 5.01 Å². The van der Waals surface area contributed by atoms with Gasteiger partial charge in [-0.05, 0) is 13.8 Å². The molecule has 1 N–H and O–H groups in total. The smallest absolute Gasteiger partial charge is 0.214 e. The van der Waals surface area contributed by atoms with Crippen LogP contribution in [0.4, 0.5) is 0 Å². The molecule has 1 heterocycles. The van der Waals surface area contributed by atoms with Crippen LogP contribution >= 0.6 is 12.4 Å². The van der Waals surface area contributed by atoms with Gasteiger partial charge in [0.2, 0.25) is 5.96 Å². The fourth-order valence-electron chi connectivity index (χ4n) is 1.24. The minimum atomic E-state index is 0. The lowest BCUT2D eigenvalue weighted by Gasteiger charge is -2.26. The molecule has 0 saturated heterocycles. The van der Waals surface area contributed by atoms with Gasteiger partial charge < -0.3 is 4.90 Å². The molecule has 0 saturated carbocycles. The Morgan fingerprint density at radius 2 is 2.15 bits per heavy atom. The van der Waals surface area contributed by atoms with E-state index in [-0.39, 0.29) is 12.4 Å². The molecule has 0 aromatic carbocycles. The third-order valence-corrected chi connectivity index (χ3v) is 2.00. The third kappa shape index (κ3) is 2.88. The van der Waals surface area contributed by atoms with Crippen molar-refractivity contribution in [1.82, 2.24) is 9.91 Å². The highest BCUT2D eigenvalue weighted by molar-refractivity contribution is 5.85. The quantitative estimate of drug-likeness (QED) is 0.546. The molecular weight excluding hydrogens is 188 g/mol. The maximum absolute atomic E-state index is 7.78. The number of rotatable bonds is 2. The van der Waals surface area contributed by atoms with Crippen LogP contribution in [0.2, 0.25) is 0 Å². The van der Waals surface area contributed by atoms with Gasteiger partial charge in [0.1, 0.15) is 0 Å². The predicted octanol–water partition coefficient (Wildman–Crippen LogP) is 1.38. The summed E-state index contributed by atoms with van der Waals surface area (Å²) in [6, 6.07) is 0. The Labute approximate surface area is 85.5 Å². The van der Waals surface area contributed by atoms with Crippen LogP contribution in [0, 0.1) is 5.41 Å². The van der Waals surface area contributed by atoms with Crippen molar-refractivity contribution in [1.29, 1.82) is 5.41 Å². The van der Waals surface area contributed by atoms with Gasteiger partial charge in [0.05, 0.1) is 0 Å². The summed E-state index contributed by atoms with van der Waals surface area (Å²) in [6.45, 7) is 6.72. The highest BCUT2D eigenvalue weighted by Crippen LogP contribution is 2.03. The zero-order valence-corrected chi connectivity index (χ0v) is 8.97. The highest BCUT2D eigenvalue weighted by atomic mass is 35.5. The molecule has 1 aliphatic rings. The molecular formula is C8H17ClN4. The monoisotopic (exact) mass is 204 g/mol. The number of nitrogens with zero attached hydrogens (tertiary/aromatic N) is 3. The minimum Gasteiger partial charge on any atom is -0.342 e. The maximum atomic E-state index is 7.78. The Morgan fingerprint density at radius 1 is 1.54 bits per heavy atom. The van der Waals surface area contributed by atoms with E-state index in [4.69, 9.17) is 5.41 Å². The molecule has 0 aliphatic carbocycles. The molecule has 0 atom stereocenters. The average Bonchev–Trinajstić information content (AvgIpc) is 2.58. The van der Waals surface area contributed by atoms with Crippen molar-refractivity contribution in [2.45, 2.75) is 20.3 Å². The van der Waals surface area contributed by atoms with Gasteiger partial charge in [-0.25, -0.2) is 5.01 Å². The lowest BCUT2D eigenvalue weighted by atomic mass is 10.5. The van der Waals surface area contributed by atoms with Crippen molar-refractivity contribution in [3.05, 3.63) is 0 Å². The number of hydrazone groups is 1. The molecule has 4 nitrogen and oxygen atoms in total. The van der Waals surface area contributed by atoms with Crippen LogP contribution in [0.1, 0.15) is 20.3 Å². The Morgan fingerprint density at radius 3 is 2.54 bits per heavy atom. The van der Waals surface area contributed by atoms with E-state index in [1.165, 1.54) is 0 Å². The van der Waals surface area contributed by atoms with Crippen molar-refractivity contribution in [2.24, 2.45) is 5.10 Å². The van der Waals surface area contributed by atoms with E-state index >= 15 is 0 Å². The van der Waals surface area contributed by atoms with E-state index in [1.807, 2.05) is 11.1 Å². The summed E-state index contributed by atoms with van der Waals surface area (Å²) in [4.78, 5) is 1.99. The molecule has 0 unspecified atom stereocenters. The first-order valence-corrected chi connectivity index (χ1v) is 4.43. The highest BCUT2D eigenvalue weighted by Gasteiger charge is 2.15. The summed E-state index contributed by atoms with van der Waals surface area (Å²) in [6.07, 6.45) is 2.82. The summed E-state index contributed by atoms with van der Waals surface area (Å²) in [5, 5.41) is 13.6. The molecule has 0 aromatic heterocycles. The fraction of sp³-hybridized carbons (Fsp3) is 0.750. The number of guanidine groups is 1. The van der Waals surface area contributed by atoms with Gasteiger partial charge in [-0.15, -0.1) is 12.4 Å². The lowest BCUT2D eigenvalue weighted by molar-refractivity contribution is 0.356. The second-order valence-corrected chi connectivity index (χ2v) is 2.71. The standard InChI is InChI=1S/C8H16N4.ClH/c1-3-11(4-2)8(9)12-7-5-6-10-12;/h6,9H,3-5,7H2,1-2H3;1H. The van der Waals surface area contributed by atoms with Gasteiger partial charge >= 0.3 is 0 Å². The molecule has 0 bridgehead atoms. The van der Waals surface area contributed by atoms with Crippen LogP contribution in [0.15, 0.2) is 5.10 Å². The Hall–Kier alpha value is -0.770. The summed E-state index contributed by atoms with van der Waals surface area (Å²) in [5.41, 5.74) is 0. The van der Waals surface area contributed by atoms with Crippen LogP contribution in [-0.4, -0.2) is 41.7 Å². The molecule has 0 spiro atoms. The van der Waals surface area contributed by atoms with Gasteiger partial charge in [0, 0.05) is 32.3 Å². The number of halogens is 1. The number of hydrogen-bond acceptors (Lipinski definition) is 2. The van der Waals surface area contributed by atoms with E-state index in [2.05, 4.69) is 18.9 Å². The topological polar surface area (TPSA) is 42.7 Å². The molecule has 0 aromatic rings. The summed E-state index contributed by atoms with van der Waals surface area (Å²) in [5.74, 6) is 0.522. The fourth-order valence-corrected chi connectivity index (χ4v) is 1.24. The molecule has 1 rings (SSSR count). The van der Waals surface area contributed by atoms with Gasteiger partial charge in [-0.1, -0.05) is 0 Å². The second-order valence-electron chi connectivity index (χ2n) is 2.71. The van der Waals surface area contributed by atoms with E-state index < -0.39 is 0 Å². The largest absolute Gasteiger partial charge is 0.342 e. The predicted molar refractivity (Wildman–Crippen MR) is 57.7 cm³/mol. The number of nitrogens with one attached hydrogen (secondary N) is 1. The summed E-state index contributed by atoms with van der Waals surface area (Å²) < 4.78 is 0. The van der Waals surface area contributed by atoms with Crippen LogP contribution in [0.5, 0.6) is 0 Å². The maximum Gasteiger partial charge on any atom is 0.214 e. The van der Waals surface area contributed by atoms with Crippen molar-refractivity contribution in [3.63, 3.8) is 0 Å². The molecule has 76 valence electrons. The van der Waals surface area contributed by atoms with Gasteiger partial charge in [-0.2, -0.15) is 5.10 Å². The lowest BCUT2D eigenvalue weighted by Crippen LogP contribution is -2.40. The molecule has 0 fully saturated rings. The van der Waals surface area contributed by atoms with Crippen molar-refractivity contribution >= 4 is 24.6 Å². The van der Waals surface area contributed by atoms with Crippen LogP contribution in [0.3, 0.4) is 0 Å². The first kappa shape index (κ1) is 12.2. The Balaban J connectivity index is 0.00000144. The Bertz CT molecular complexity index is 189. The van der Waals surface area contributed by atoms with E-state index in [0.29, 0.717) is 5.96 Å². The normalized spacial score (nSPS) is 14.2. The van der Waals surface area contributed by atoms with Crippen molar-refractivity contribution < 1.29 is 0 Å². The van der Waals surface area contributed by atoms with Gasteiger partial charge in [0.25, 0.3) is 0 Å². The van der Waals surface area contributed by atoms with Gasteiger partial charge in [0.15, 0.2) is 0 Å². The minimum absolute atomic E-state index is 0. The molecule has 5 heteroatoms. The van der Waals surface area contributed by atoms with E-state index in [9.17, 15) is 0 Å². The van der Waals surface area contributed by atoms with E-state index in [0.717, 1.165) is 26.1 Å². The number of hydrogen-bond donors (Lipinski definition) is 1. The molecule has 1 aliphatic heterocycles. The summed E-state index contributed by atoms with van der Waals surface area (Å²) in [7, 11) is 0. The SMILES string of the molecule is CCN(CC)C(=N)N1CCC=N1.Cl. The Kier molecular flexibility index (Phi) is 5.46. The van der Waals surface area contributed by atoms with Crippen LogP contribution in [0.25, 0.3) is 0 Å². The zero-order chi connectivity index (χ0) is 8.97. The van der Waals surface area contributed by atoms with Crippen LogP contribution in [-0.2, 0) is 0 Å².